The summed E-state index contributed by atoms with van der Waals surface area (Å²) >= 11 is 6.17. The summed E-state index contributed by atoms with van der Waals surface area (Å²) in [5.74, 6) is 0.322. The van der Waals surface area contributed by atoms with E-state index in [-0.39, 0.29) is 30.4 Å². The van der Waals surface area contributed by atoms with Crippen molar-refractivity contribution in [1.82, 2.24) is 15.1 Å². The largest absolute Gasteiger partial charge is 0.492 e. The molecule has 2 aliphatic heterocycles. The van der Waals surface area contributed by atoms with E-state index in [2.05, 4.69) is 5.32 Å². The third-order valence-corrected chi connectivity index (χ3v) is 8.42. The third kappa shape index (κ3) is 7.45. The Morgan fingerprint density at radius 2 is 1.77 bits per heavy atom. The van der Waals surface area contributed by atoms with Crippen molar-refractivity contribution in [2.75, 3.05) is 26.7 Å². The fourth-order valence-corrected chi connectivity index (χ4v) is 6.10. The van der Waals surface area contributed by atoms with Crippen molar-refractivity contribution >= 4 is 29.0 Å². The van der Waals surface area contributed by atoms with Gasteiger partial charge in [0.25, 0.3) is 5.91 Å². The van der Waals surface area contributed by atoms with Gasteiger partial charge in [0.15, 0.2) is 0 Å². The Morgan fingerprint density at radius 3 is 2.48 bits per heavy atom. The molecule has 2 amide bonds. The Kier molecular flexibility index (Phi) is 9.65. The number of aryl methyl sites for hydroxylation is 1. The van der Waals surface area contributed by atoms with Crippen molar-refractivity contribution < 1.29 is 27.5 Å². The SMILES string of the molecule is CC(=O)N1CC2CC(c3ccc(CCCOc4ccccc4Cl)cc3)=C(C(=O)N(C)Cc3cccc(C(F)(F)F)c3)[C@@H](C1)N2. The number of nitrogens with one attached hydrogen (secondary N) is 1. The van der Waals surface area contributed by atoms with E-state index in [0.29, 0.717) is 48.0 Å². The van der Waals surface area contributed by atoms with E-state index < -0.39 is 11.7 Å². The number of hydrogen-bond donors (Lipinski definition) is 1. The number of halogens is 4. The van der Waals surface area contributed by atoms with Gasteiger partial charge in [-0.3, -0.25) is 9.59 Å². The van der Waals surface area contributed by atoms with E-state index in [1.54, 1.807) is 24.1 Å². The van der Waals surface area contributed by atoms with E-state index in [1.807, 2.05) is 42.5 Å². The second-order valence-corrected chi connectivity index (χ2v) is 11.8. The van der Waals surface area contributed by atoms with Gasteiger partial charge in [0.05, 0.1) is 23.2 Å². The number of ether oxygens (including phenoxy) is 1. The first-order valence-corrected chi connectivity index (χ1v) is 15.0. The molecule has 2 bridgehead atoms. The number of para-hydroxylation sites is 1. The van der Waals surface area contributed by atoms with E-state index in [1.165, 1.54) is 17.9 Å². The minimum Gasteiger partial charge on any atom is -0.492 e. The lowest BCUT2D eigenvalue weighted by molar-refractivity contribution is -0.137. The number of benzene rings is 3. The van der Waals surface area contributed by atoms with Crippen LogP contribution >= 0.6 is 11.6 Å². The van der Waals surface area contributed by atoms with Crippen LogP contribution in [0.25, 0.3) is 5.57 Å². The molecule has 0 spiro atoms. The average molecular weight is 626 g/mol. The molecule has 10 heteroatoms. The molecule has 2 aliphatic rings. The topological polar surface area (TPSA) is 61.9 Å². The number of likely N-dealkylation sites (N-methyl/N-ethyl adjacent to an activating group) is 1. The molecular weight excluding hydrogens is 591 g/mol. The van der Waals surface area contributed by atoms with Crippen LogP contribution in [0.1, 0.15) is 42.0 Å². The highest BCUT2D eigenvalue weighted by atomic mass is 35.5. The minimum atomic E-state index is -4.47. The van der Waals surface area contributed by atoms with Gasteiger partial charge in [-0.1, -0.05) is 60.1 Å². The molecule has 44 heavy (non-hydrogen) atoms. The standard InChI is InChI=1S/C34H35ClF3N3O3/c1-22(42)41-20-27-18-28(25-14-12-23(13-15-25)8-6-16-44-31-11-4-3-10-29(31)35)32(30(21-41)39-27)33(43)40(2)19-24-7-5-9-26(17-24)34(36,37)38/h3-5,7,9-15,17,27,30,39H,6,8,16,18-21H2,1-2H3/t27?,30-/m1/s1. The first-order chi connectivity index (χ1) is 21.0. The van der Waals surface area contributed by atoms with Crippen LogP contribution in [0.15, 0.2) is 78.4 Å². The number of alkyl halides is 3. The minimum absolute atomic E-state index is 0.0143. The highest BCUT2D eigenvalue weighted by Gasteiger charge is 2.40. The van der Waals surface area contributed by atoms with Crippen LogP contribution in [0.5, 0.6) is 5.75 Å². The molecule has 1 N–H and O–H groups in total. The molecule has 3 aromatic carbocycles. The van der Waals surface area contributed by atoms with Crippen molar-refractivity contribution in [2.45, 2.75) is 51.0 Å². The molecule has 0 aliphatic carbocycles. The first-order valence-electron chi connectivity index (χ1n) is 14.6. The molecule has 0 aromatic heterocycles. The zero-order valence-electron chi connectivity index (χ0n) is 24.7. The summed E-state index contributed by atoms with van der Waals surface area (Å²) in [6, 6.07) is 20.1. The quantitative estimate of drug-likeness (QED) is 0.281. The van der Waals surface area contributed by atoms with Gasteiger partial charge in [0.2, 0.25) is 5.91 Å². The zero-order chi connectivity index (χ0) is 31.4. The third-order valence-electron chi connectivity index (χ3n) is 8.11. The fraction of sp³-hybridized carbons (Fsp3) is 0.353. The maximum atomic E-state index is 14.0. The lowest BCUT2D eigenvalue weighted by Crippen LogP contribution is -2.61. The van der Waals surface area contributed by atoms with E-state index in [4.69, 9.17) is 16.3 Å². The molecule has 1 saturated heterocycles. The molecule has 2 heterocycles. The predicted molar refractivity (Wildman–Crippen MR) is 164 cm³/mol. The fourth-order valence-electron chi connectivity index (χ4n) is 5.91. The van der Waals surface area contributed by atoms with Crippen molar-refractivity contribution in [3.63, 3.8) is 0 Å². The number of fused-ring (bicyclic) bond motifs is 2. The van der Waals surface area contributed by atoms with Gasteiger partial charge in [0, 0.05) is 45.2 Å². The monoisotopic (exact) mass is 625 g/mol. The highest BCUT2D eigenvalue weighted by Crippen LogP contribution is 2.35. The summed E-state index contributed by atoms with van der Waals surface area (Å²) in [5, 5.41) is 4.09. The van der Waals surface area contributed by atoms with Crippen LogP contribution in [0.4, 0.5) is 13.2 Å². The Bertz CT molecular complexity index is 1540. The Hall–Kier alpha value is -3.82. The molecule has 0 saturated carbocycles. The van der Waals surface area contributed by atoms with Crippen LogP contribution < -0.4 is 10.1 Å². The molecule has 3 aromatic rings. The van der Waals surface area contributed by atoms with Crippen molar-refractivity contribution in [3.8, 4) is 5.75 Å². The van der Waals surface area contributed by atoms with Gasteiger partial charge in [-0.25, -0.2) is 0 Å². The van der Waals surface area contributed by atoms with Crippen LogP contribution in [0, 0.1) is 0 Å². The smallest absolute Gasteiger partial charge is 0.416 e. The zero-order valence-corrected chi connectivity index (χ0v) is 25.4. The van der Waals surface area contributed by atoms with Gasteiger partial charge >= 0.3 is 6.18 Å². The van der Waals surface area contributed by atoms with Gasteiger partial charge < -0.3 is 19.9 Å². The highest BCUT2D eigenvalue weighted by molar-refractivity contribution is 6.32. The first kappa shape index (κ1) is 31.6. The maximum absolute atomic E-state index is 14.0. The molecule has 232 valence electrons. The van der Waals surface area contributed by atoms with Gasteiger partial charge in [-0.2, -0.15) is 13.2 Å². The summed E-state index contributed by atoms with van der Waals surface area (Å²) in [6.45, 7) is 2.94. The summed E-state index contributed by atoms with van der Waals surface area (Å²) in [5.41, 5.74) is 3.13. The molecule has 1 unspecified atom stereocenters. The number of piperazine rings is 1. The van der Waals surface area contributed by atoms with Gasteiger partial charge in [-0.15, -0.1) is 0 Å². The second kappa shape index (κ2) is 13.4. The van der Waals surface area contributed by atoms with Crippen LogP contribution in [0.2, 0.25) is 5.02 Å². The molecule has 2 atom stereocenters. The van der Waals surface area contributed by atoms with Crippen LogP contribution in [-0.2, 0) is 28.7 Å². The number of rotatable bonds is 9. The number of carbonyl (C=O) groups excluding carboxylic acids is 2. The van der Waals surface area contributed by atoms with Gasteiger partial charge in [0.1, 0.15) is 5.75 Å². The lowest BCUT2D eigenvalue weighted by atomic mass is 9.82. The number of hydrogen-bond acceptors (Lipinski definition) is 4. The molecule has 5 rings (SSSR count). The normalized spacial score (nSPS) is 18.3. The van der Waals surface area contributed by atoms with Crippen molar-refractivity contribution in [1.29, 1.82) is 0 Å². The van der Waals surface area contributed by atoms with Crippen molar-refractivity contribution in [2.24, 2.45) is 0 Å². The molecular formula is C34H35ClF3N3O3. The van der Waals surface area contributed by atoms with E-state index >= 15 is 0 Å². The molecule has 1 fully saturated rings. The van der Waals surface area contributed by atoms with Crippen molar-refractivity contribution in [3.05, 3.63) is 106 Å². The Morgan fingerprint density at radius 1 is 1.02 bits per heavy atom. The van der Waals surface area contributed by atoms with Crippen LogP contribution in [-0.4, -0.2) is 60.4 Å². The number of amides is 2. The summed E-state index contributed by atoms with van der Waals surface area (Å²) in [7, 11) is 1.60. The summed E-state index contributed by atoms with van der Waals surface area (Å²) < 4.78 is 45.7. The molecule has 0 radical (unpaired) electrons. The Balaban J connectivity index is 1.35. The van der Waals surface area contributed by atoms with Gasteiger partial charge in [-0.05, 0) is 65.8 Å². The number of carbonyl (C=O) groups is 2. The second-order valence-electron chi connectivity index (χ2n) is 11.4. The average Bonchev–Trinajstić information content (AvgIpc) is 2.99. The summed E-state index contributed by atoms with van der Waals surface area (Å²) in [6.07, 6.45) is -2.32. The van der Waals surface area contributed by atoms with E-state index in [0.717, 1.165) is 41.7 Å². The Labute approximate surface area is 260 Å². The summed E-state index contributed by atoms with van der Waals surface area (Å²) in [4.78, 5) is 29.5. The predicted octanol–water partition coefficient (Wildman–Crippen LogP) is 6.38. The van der Waals surface area contributed by atoms with Crippen LogP contribution in [0.3, 0.4) is 0 Å². The number of nitrogens with zero attached hydrogens (tertiary/aromatic N) is 2. The van der Waals surface area contributed by atoms with E-state index in [9.17, 15) is 22.8 Å². The molecule has 6 nitrogen and oxygen atoms in total. The maximum Gasteiger partial charge on any atom is 0.416 e. The lowest BCUT2D eigenvalue weighted by Gasteiger charge is -2.44.